The van der Waals surface area contributed by atoms with Crippen LogP contribution in [0.3, 0.4) is 0 Å². The SMILES string of the molecule is CC(C)n1nc(OCC(F)(F)F)cc1C(=O)Cc1ccc(C2O[C@@H]3CN[C@H]2C3)cc1. The van der Waals surface area contributed by atoms with Crippen LogP contribution in [0.5, 0.6) is 5.88 Å². The van der Waals surface area contributed by atoms with Gasteiger partial charge in [-0.25, -0.2) is 0 Å². The first-order valence-corrected chi connectivity index (χ1v) is 9.99. The number of hydrogen-bond acceptors (Lipinski definition) is 5. The van der Waals surface area contributed by atoms with Crippen molar-refractivity contribution in [3.63, 3.8) is 0 Å². The third kappa shape index (κ3) is 4.52. The van der Waals surface area contributed by atoms with E-state index >= 15 is 0 Å². The third-order valence-corrected chi connectivity index (χ3v) is 5.37. The molecule has 9 heteroatoms. The number of nitrogens with zero attached hydrogens (tertiary/aromatic N) is 2. The molecule has 1 aromatic heterocycles. The van der Waals surface area contributed by atoms with Gasteiger partial charge in [0.25, 0.3) is 0 Å². The van der Waals surface area contributed by atoms with Crippen LogP contribution < -0.4 is 10.1 Å². The fourth-order valence-corrected chi connectivity index (χ4v) is 3.98. The number of ether oxygens (including phenoxy) is 2. The number of Topliss-reactive ketones (excluding diaryl/α,β-unsaturated/α-hetero) is 1. The predicted molar refractivity (Wildman–Crippen MR) is 103 cm³/mol. The summed E-state index contributed by atoms with van der Waals surface area (Å²) < 4.78 is 49.3. The highest BCUT2D eigenvalue weighted by atomic mass is 19.4. The minimum atomic E-state index is -4.47. The molecule has 2 aliphatic heterocycles. The standard InChI is InChI=1S/C21H24F3N3O3/c1-12(2)27-17(9-19(26-27)29-11-21(22,23)24)18(28)7-13-3-5-14(6-4-13)20-16-8-15(30-20)10-25-16/h3-6,9,12,15-16,20,25H,7-8,10-11H2,1-2H3/t15-,16-,20?/m0/s1. The first-order valence-electron chi connectivity index (χ1n) is 9.99. The molecule has 2 saturated heterocycles. The highest BCUT2D eigenvalue weighted by Crippen LogP contribution is 2.36. The third-order valence-electron chi connectivity index (χ3n) is 5.37. The molecule has 1 N–H and O–H groups in total. The molecule has 1 unspecified atom stereocenters. The number of morpholine rings is 1. The number of nitrogens with one attached hydrogen (secondary N) is 1. The lowest BCUT2D eigenvalue weighted by atomic mass is 9.99. The summed E-state index contributed by atoms with van der Waals surface area (Å²) in [5.74, 6) is -0.440. The van der Waals surface area contributed by atoms with Crippen molar-refractivity contribution >= 4 is 5.78 Å². The molecule has 2 aliphatic rings. The van der Waals surface area contributed by atoms with Crippen LogP contribution in [-0.2, 0) is 11.2 Å². The van der Waals surface area contributed by atoms with Gasteiger partial charge in [0.1, 0.15) is 5.69 Å². The Labute approximate surface area is 172 Å². The van der Waals surface area contributed by atoms with E-state index in [0.29, 0.717) is 6.04 Å². The number of carbonyl (C=O) groups excluding carboxylic acids is 1. The van der Waals surface area contributed by atoms with Gasteiger partial charge in [-0.05, 0) is 31.4 Å². The molecule has 2 aromatic rings. The van der Waals surface area contributed by atoms with Crippen molar-refractivity contribution in [2.24, 2.45) is 0 Å². The summed E-state index contributed by atoms with van der Waals surface area (Å²) in [4.78, 5) is 12.8. The summed E-state index contributed by atoms with van der Waals surface area (Å²) >= 11 is 0. The van der Waals surface area contributed by atoms with E-state index in [4.69, 9.17) is 9.47 Å². The first kappa shape index (κ1) is 20.9. The topological polar surface area (TPSA) is 65.4 Å². The average molecular weight is 423 g/mol. The second-order valence-corrected chi connectivity index (χ2v) is 8.08. The van der Waals surface area contributed by atoms with Crippen molar-refractivity contribution in [2.45, 2.75) is 57.2 Å². The summed E-state index contributed by atoms with van der Waals surface area (Å²) in [5.41, 5.74) is 2.11. The summed E-state index contributed by atoms with van der Waals surface area (Å²) in [6.45, 7) is 3.05. The van der Waals surface area contributed by atoms with E-state index in [1.807, 2.05) is 24.3 Å². The van der Waals surface area contributed by atoms with Crippen LogP contribution in [0.4, 0.5) is 13.2 Å². The number of aromatic nitrogens is 2. The number of benzene rings is 1. The molecule has 2 bridgehead atoms. The number of ketones is 1. The number of fused-ring (bicyclic) bond motifs is 2. The molecule has 30 heavy (non-hydrogen) atoms. The van der Waals surface area contributed by atoms with Gasteiger partial charge in [0.15, 0.2) is 12.4 Å². The van der Waals surface area contributed by atoms with Crippen LogP contribution in [0, 0.1) is 0 Å². The normalized spacial score (nSPS) is 23.3. The van der Waals surface area contributed by atoms with Gasteiger partial charge in [-0.1, -0.05) is 24.3 Å². The molecular weight excluding hydrogens is 399 g/mol. The first-order chi connectivity index (χ1) is 14.2. The van der Waals surface area contributed by atoms with Crippen LogP contribution in [0.15, 0.2) is 30.3 Å². The Hall–Kier alpha value is -2.39. The van der Waals surface area contributed by atoms with Gasteiger partial charge in [-0.2, -0.15) is 13.2 Å². The van der Waals surface area contributed by atoms with E-state index in [-0.39, 0.29) is 42.0 Å². The molecule has 4 rings (SSSR count). The molecule has 0 spiro atoms. The van der Waals surface area contributed by atoms with Gasteiger partial charge >= 0.3 is 6.18 Å². The van der Waals surface area contributed by atoms with Crippen molar-refractivity contribution in [2.75, 3.05) is 13.2 Å². The molecule has 0 aliphatic carbocycles. The van der Waals surface area contributed by atoms with Crippen molar-refractivity contribution in [1.82, 2.24) is 15.1 Å². The lowest BCUT2D eigenvalue weighted by Gasteiger charge is -2.23. The molecule has 2 fully saturated rings. The Balaban J connectivity index is 1.44. The predicted octanol–water partition coefficient (Wildman–Crippen LogP) is 3.63. The maximum absolute atomic E-state index is 12.8. The fourth-order valence-electron chi connectivity index (χ4n) is 3.98. The van der Waals surface area contributed by atoms with Gasteiger partial charge in [0.2, 0.25) is 5.88 Å². The molecule has 162 valence electrons. The maximum Gasteiger partial charge on any atom is 0.422 e. The largest absolute Gasteiger partial charge is 0.467 e. The number of rotatable bonds is 7. The monoisotopic (exact) mass is 423 g/mol. The molecule has 3 heterocycles. The van der Waals surface area contributed by atoms with E-state index in [1.54, 1.807) is 13.8 Å². The molecule has 0 amide bonds. The average Bonchev–Trinajstić information content (AvgIpc) is 3.41. The van der Waals surface area contributed by atoms with E-state index in [2.05, 4.69) is 10.4 Å². The molecule has 6 nitrogen and oxygen atoms in total. The van der Waals surface area contributed by atoms with Crippen molar-refractivity contribution in [1.29, 1.82) is 0 Å². The van der Waals surface area contributed by atoms with E-state index in [0.717, 1.165) is 24.1 Å². The number of hydrogen-bond donors (Lipinski definition) is 1. The van der Waals surface area contributed by atoms with E-state index in [1.165, 1.54) is 10.7 Å². The van der Waals surface area contributed by atoms with Gasteiger partial charge in [0.05, 0.1) is 12.2 Å². The Kier molecular flexibility index (Phi) is 5.59. The maximum atomic E-state index is 12.8. The zero-order chi connectivity index (χ0) is 21.5. The Morgan fingerprint density at radius 1 is 1.33 bits per heavy atom. The fraction of sp³-hybridized carbons (Fsp3) is 0.524. The van der Waals surface area contributed by atoms with Crippen molar-refractivity contribution in [3.8, 4) is 5.88 Å². The second-order valence-electron chi connectivity index (χ2n) is 8.08. The molecule has 3 atom stereocenters. The van der Waals surface area contributed by atoms with Crippen LogP contribution in [0.2, 0.25) is 0 Å². The van der Waals surface area contributed by atoms with Gasteiger partial charge in [0, 0.05) is 31.1 Å². The molecular formula is C21H24F3N3O3. The second kappa shape index (κ2) is 8.03. The number of alkyl halides is 3. The quantitative estimate of drug-likeness (QED) is 0.689. The van der Waals surface area contributed by atoms with Gasteiger partial charge < -0.3 is 14.8 Å². The van der Waals surface area contributed by atoms with Crippen molar-refractivity contribution < 1.29 is 27.4 Å². The zero-order valence-electron chi connectivity index (χ0n) is 16.8. The van der Waals surface area contributed by atoms with Crippen molar-refractivity contribution in [3.05, 3.63) is 47.2 Å². The minimum absolute atomic E-state index is 0.0317. The lowest BCUT2D eigenvalue weighted by Crippen LogP contribution is -2.33. The lowest BCUT2D eigenvalue weighted by molar-refractivity contribution is -0.154. The Bertz CT molecular complexity index is 908. The number of halogens is 3. The van der Waals surface area contributed by atoms with Crippen LogP contribution in [0.1, 0.15) is 54.0 Å². The zero-order valence-corrected chi connectivity index (χ0v) is 16.8. The summed E-state index contributed by atoms with van der Waals surface area (Å²) in [5, 5.41) is 7.45. The summed E-state index contributed by atoms with van der Waals surface area (Å²) in [6.07, 6.45) is -3.03. The van der Waals surface area contributed by atoms with Crippen LogP contribution in [-0.4, -0.2) is 47.0 Å². The summed E-state index contributed by atoms with van der Waals surface area (Å²) in [6, 6.07) is 9.12. The summed E-state index contributed by atoms with van der Waals surface area (Å²) in [7, 11) is 0. The van der Waals surface area contributed by atoms with Gasteiger partial charge in [-0.3, -0.25) is 9.48 Å². The Morgan fingerprint density at radius 3 is 2.63 bits per heavy atom. The molecule has 1 aromatic carbocycles. The van der Waals surface area contributed by atoms with Crippen LogP contribution in [0.25, 0.3) is 0 Å². The molecule has 0 radical (unpaired) electrons. The van der Waals surface area contributed by atoms with Crippen LogP contribution >= 0.6 is 0 Å². The highest BCUT2D eigenvalue weighted by Gasteiger charge is 2.41. The highest BCUT2D eigenvalue weighted by molar-refractivity contribution is 5.96. The van der Waals surface area contributed by atoms with E-state index in [9.17, 15) is 18.0 Å². The van der Waals surface area contributed by atoms with E-state index < -0.39 is 12.8 Å². The Morgan fingerprint density at radius 2 is 2.07 bits per heavy atom. The van der Waals surface area contributed by atoms with Gasteiger partial charge in [-0.15, -0.1) is 5.10 Å². The smallest absolute Gasteiger partial charge is 0.422 e. The number of carbonyl (C=O) groups is 1. The molecule has 0 saturated carbocycles. The minimum Gasteiger partial charge on any atom is -0.467 e.